The Bertz CT molecular complexity index is 315. The Morgan fingerprint density at radius 2 is 1.53 bits per heavy atom. The van der Waals surface area contributed by atoms with Crippen LogP contribution in [0, 0.1) is 0 Å². The Morgan fingerprint density at radius 3 is 2.12 bits per heavy atom. The van der Waals surface area contributed by atoms with Gasteiger partial charge in [-0.1, -0.05) is 31.2 Å². The molecule has 1 saturated heterocycles. The normalized spacial score (nSPS) is 18.6. The summed E-state index contributed by atoms with van der Waals surface area (Å²) in [5.74, 6) is 0. The van der Waals surface area contributed by atoms with Gasteiger partial charge in [-0.2, -0.15) is 0 Å². The summed E-state index contributed by atoms with van der Waals surface area (Å²) < 4.78 is 0. The second-order valence-corrected chi connectivity index (χ2v) is 4.42. The van der Waals surface area contributed by atoms with E-state index in [4.69, 9.17) is 0 Å². The largest absolute Gasteiger partial charge is 0.292 e. The fraction of sp³-hybridized carbons (Fsp3) is 0.538. The summed E-state index contributed by atoms with van der Waals surface area (Å²) in [5, 5.41) is 9.95. The first-order valence-electron chi connectivity index (χ1n) is 6.31. The lowest BCUT2D eigenvalue weighted by atomic mass is 10.1. The van der Waals surface area contributed by atoms with Gasteiger partial charge in [-0.05, 0) is 17.5 Å². The van der Waals surface area contributed by atoms with Crippen LogP contribution >= 0.6 is 0 Å². The lowest BCUT2D eigenvalue weighted by Gasteiger charge is -2.26. The van der Waals surface area contributed by atoms with Crippen molar-refractivity contribution in [3.05, 3.63) is 35.4 Å². The molecule has 0 amide bonds. The zero-order valence-corrected chi connectivity index (χ0v) is 10.5. The van der Waals surface area contributed by atoms with Crippen molar-refractivity contribution in [2.24, 2.45) is 0 Å². The Balaban J connectivity index is 1.88. The number of hydrogen-bond acceptors (Lipinski definition) is 4. The van der Waals surface area contributed by atoms with Gasteiger partial charge >= 0.3 is 0 Å². The monoisotopic (exact) mass is 234 g/mol. The summed E-state index contributed by atoms with van der Waals surface area (Å²) in [6.07, 6.45) is 1.11. The molecule has 17 heavy (non-hydrogen) atoms. The lowest BCUT2D eigenvalue weighted by molar-refractivity contribution is 0.205. The Kier molecular flexibility index (Phi) is 4.94. The van der Waals surface area contributed by atoms with Crippen LogP contribution in [-0.4, -0.2) is 31.6 Å². The van der Waals surface area contributed by atoms with Gasteiger partial charge in [-0.3, -0.25) is 20.9 Å². The zero-order valence-electron chi connectivity index (χ0n) is 10.5. The van der Waals surface area contributed by atoms with Crippen molar-refractivity contribution in [3.8, 4) is 0 Å². The van der Waals surface area contributed by atoms with E-state index in [0.717, 1.165) is 39.6 Å². The molecular weight excluding hydrogens is 212 g/mol. The van der Waals surface area contributed by atoms with E-state index < -0.39 is 0 Å². The first-order chi connectivity index (χ1) is 8.38. The first-order valence-corrected chi connectivity index (χ1v) is 6.31. The van der Waals surface area contributed by atoms with Crippen LogP contribution < -0.4 is 16.0 Å². The molecule has 0 spiro atoms. The van der Waals surface area contributed by atoms with E-state index in [9.17, 15) is 0 Å². The number of rotatable bonds is 3. The number of aryl methyl sites for hydroxylation is 1. The van der Waals surface area contributed by atoms with Gasteiger partial charge in [0, 0.05) is 19.9 Å². The third-order valence-corrected chi connectivity index (χ3v) is 3.01. The maximum Gasteiger partial charge on any atom is 0.0506 e. The molecule has 1 aliphatic rings. The summed E-state index contributed by atoms with van der Waals surface area (Å²) in [5.41, 5.74) is 2.78. The third-order valence-electron chi connectivity index (χ3n) is 3.01. The molecule has 1 aromatic carbocycles. The smallest absolute Gasteiger partial charge is 0.0506 e. The van der Waals surface area contributed by atoms with Crippen molar-refractivity contribution in [3.63, 3.8) is 0 Å². The first kappa shape index (κ1) is 12.5. The van der Waals surface area contributed by atoms with Crippen LogP contribution in [0.4, 0.5) is 0 Å². The Morgan fingerprint density at radius 1 is 0.941 bits per heavy atom. The highest BCUT2D eigenvalue weighted by molar-refractivity contribution is 5.22. The molecule has 4 heteroatoms. The van der Waals surface area contributed by atoms with Gasteiger partial charge in [0.05, 0.1) is 13.3 Å². The predicted octanol–water partition coefficient (Wildman–Crippen LogP) is 0.663. The Labute approximate surface area is 103 Å². The van der Waals surface area contributed by atoms with E-state index in [1.54, 1.807) is 0 Å². The lowest BCUT2D eigenvalue weighted by Crippen LogP contribution is -2.49. The van der Waals surface area contributed by atoms with E-state index in [-0.39, 0.29) is 0 Å². The zero-order chi connectivity index (χ0) is 11.9. The minimum atomic E-state index is 0.859. The average molecular weight is 234 g/mol. The van der Waals surface area contributed by atoms with Crippen LogP contribution in [0.5, 0.6) is 0 Å². The van der Waals surface area contributed by atoms with Gasteiger partial charge in [0.2, 0.25) is 0 Å². The van der Waals surface area contributed by atoms with Crippen molar-refractivity contribution < 1.29 is 0 Å². The standard InChI is InChI=1S/C13H22N4/c1-2-12-3-5-13(6-4-12)7-17-10-15-8-14-9-16-11-17/h3-6,14-16H,2,7-11H2,1H3. The number of nitrogens with zero attached hydrogens (tertiary/aromatic N) is 1. The second-order valence-electron chi connectivity index (χ2n) is 4.42. The van der Waals surface area contributed by atoms with Crippen molar-refractivity contribution in [1.29, 1.82) is 0 Å². The van der Waals surface area contributed by atoms with Gasteiger partial charge in [-0.15, -0.1) is 0 Å². The molecule has 4 nitrogen and oxygen atoms in total. The molecule has 1 aliphatic heterocycles. The number of hydrogen-bond donors (Lipinski definition) is 3. The van der Waals surface area contributed by atoms with Gasteiger partial charge in [0.25, 0.3) is 0 Å². The predicted molar refractivity (Wildman–Crippen MR) is 70.2 cm³/mol. The van der Waals surface area contributed by atoms with Crippen molar-refractivity contribution in [2.45, 2.75) is 19.9 Å². The quantitative estimate of drug-likeness (QED) is 0.718. The molecule has 2 rings (SSSR count). The van der Waals surface area contributed by atoms with Crippen molar-refractivity contribution in [1.82, 2.24) is 20.9 Å². The van der Waals surface area contributed by atoms with Crippen LogP contribution in [-0.2, 0) is 13.0 Å². The molecule has 0 saturated carbocycles. The molecule has 1 fully saturated rings. The van der Waals surface area contributed by atoms with E-state index in [1.165, 1.54) is 11.1 Å². The highest BCUT2D eigenvalue weighted by Gasteiger charge is 2.06. The third kappa shape index (κ3) is 4.09. The second kappa shape index (κ2) is 6.71. The molecular formula is C13H22N4. The van der Waals surface area contributed by atoms with Crippen LogP contribution in [0.3, 0.4) is 0 Å². The SMILES string of the molecule is CCc1ccc(CN2CNCNCNC2)cc1. The summed E-state index contributed by atoms with van der Waals surface area (Å²) in [6.45, 7) is 6.72. The topological polar surface area (TPSA) is 39.3 Å². The molecule has 0 unspecified atom stereocenters. The summed E-state index contributed by atoms with van der Waals surface area (Å²) in [7, 11) is 0. The molecule has 0 atom stereocenters. The van der Waals surface area contributed by atoms with Crippen molar-refractivity contribution >= 4 is 0 Å². The van der Waals surface area contributed by atoms with Gasteiger partial charge in [0.15, 0.2) is 0 Å². The fourth-order valence-corrected chi connectivity index (χ4v) is 1.97. The minimum Gasteiger partial charge on any atom is -0.292 e. The minimum absolute atomic E-state index is 0.859. The summed E-state index contributed by atoms with van der Waals surface area (Å²) >= 11 is 0. The van der Waals surface area contributed by atoms with E-state index in [0.29, 0.717) is 0 Å². The average Bonchev–Trinajstić information content (AvgIpc) is 2.33. The number of benzene rings is 1. The molecule has 0 radical (unpaired) electrons. The molecule has 94 valence electrons. The Hall–Kier alpha value is -0.940. The highest BCUT2D eigenvalue weighted by Crippen LogP contribution is 2.07. The van der Waals surface area contributed by atoms with Crippen LogP contribution in [0.15, 0.2) is 24.3 Å². The van der Waals surface area contributed by atoms with E-state index in [2.05, 4.69) is 52.0 Å². The van der Waals surface area contributed by atoms with Gasteiger partial charge < -0.3 is 0 Å². The van der Waals surface area contributed by atoms with Crippen LogP contribution in [0.2, 0.25) is 0 Å². The van der Waals surface area contributed by atoms with Gasteiger partial charge in [-0.25, -0.2) is 0 Å². The molecule has 0 bridgehead atoms. The molecule has 0 aromatic heterocycles. The van der Waals surface area contributed by atoms with Gasteiger partial charge in [0.1, 0.15) is 0 Å². The van der Waals surface area contributed by atoms with Crippen molar-refractivity contribution in [2.75, 3.05) is 26.7 Å². The summed E-state index contributed by atoms with van der Waals surface area (Å²) in [4.78, 5) is 2.36. The van der Waals surface area contributed by atoms with E-state index in [1.807, 2.05) is 0 Å². The summed E-state index contributed by atoms with van der Waals surface area (Å²) in [6, 6.07) is 8.91. The maximum atomic E-state index is 3.35. The van der Waals surface area contributed by atoms with E-state index >= 15 is 0 Å². The fourth-order valence-electron chi connectivity index (χ4n) is 1.97. The van der Waals surface area contributed by atoms with Crippen LogP contribution in [0.25, 0.3) is 0 Å². The molecule has 1 heterocycles. The molecule has 0 aliphatic carbocycles. The molecule has 3 N–H and O–H groups in total. The molecule has 1 aromatic rings. The van der Waals surface area contributed by atoms with Crippen LogP contribution in [0.1, 0.15) is 18.1 Å². The maximum absolute atomic E-state index is 3.35. The highest BCUT2D eigenvalue weighted by atomic mass is 15.3. The number of nitrogens with one attached hydrogen (secondary N) is 3.